The first-order chi connectivity index (χ1) is 8.65. The van der Waals surface area contributed by atoms with Gasteiger partial charge in [-0.15, -0.1) is 0 Å². The van der Waals surface area contributed by atoms with Crippen LogP contribution in [-0.2, 0) is 13.0 Å². The summed E-state index contributed by atoms with van der Waals surface area (Å²) in [6.45, 7) is 8.36. The lowest BCUT2D eigenvalue weighted by molar-refractivity contribution is 0.313. The topological polar surface area (TPSA) is 19.0 Å². The van der Waals surface area contributed by atoms with E-state index in [1.54, 1.807) is 0 Å². The number of halogens is 1. The van der Waals surface area contributed by atoms with Crippen molar-refractivity contribution in [2.24, 2.45) is 0 Å². The Morgan fingerprint density at radius 3 is 2.72 bits per heavy atom. The van der Waals surface area contributed by atoms with Gasteiger partial charge in [-0.05, 0) is 53.2 Å². The SMILES string of the molecule is CC.Cc1cc(Br)c2[nH]c3c(c2c1)CN(C)CC3. The zero-order chi connectivity index (χ0) is 13.3. The van der Waals surface area contributed by atoms with Gasteiger partial charge >= 0.3 is 0 Å². The number of fused-ring (bicyclic) bond motifs is 3. The fourth-order valence-corrected chi connectivity index (χ4v) is 3.22. The smallest absolute Gasteiger partial charge is 0.0604 e. The fourth-order valence-electron chi connectivity index (χ4n) is 2.54. The van der Waals surface area contributed by atoms with Crippen LogP contribution in [0.2, 0.25) is 0 Å². The number of nitrogens with one attached hydrogen (secondary N) is 1. The number of hydrogen-bond donors (Lipinski definition) is 1. The van der Waals surface area contributed by atoms with Crippen LogP contribution >= 0.6 is 15.9 Å². The van der Waals surface area contributed by atoms with Crippen molar-refractivity contribution in [2.75, 3.05) is 13.6 Å². The van der Waals surface area contributed by atoms with E-state index in [1.165, 1.54) is 32.2 Å². The molecule has 3 heteroatoms. The average molecular weight is 309 g/mol. The summed E-state index contributed by atoms with van der Waals surface area (Å²) in [5, 5.41) is 1.38. The second kappa shape index (κ2) is 5.45. The number of likely N-dealkylation sites (N-methyl/N-ethyl adjacent to an activating group) is 1. The minimum atomic E-state index is 1.06. The number of H-pyrrole nitrogens is 1. The van der Waals surface area contributed by atoms with Gasteiger partial charge in [-0.1, -0.05) is 13.8 Å². The lowest BCUT2D eigenvalue weighted by Crippen LogP contribution is -2.25. The second-order valence-corrected chi connectivity index (χ2v) is 5.59. The van der Waals surface area contributed by atoms with Crippen LogP contribution in [0.4, 0.5) is 0 Å². The maximum atomic E-state index is 3.64. The molecule has 98 valence electrons. The van der Waals surface area contributed by atoms with E-state index in [0.29, 0.717) is 0 Å². The molecule has 0 saturated carbocycles. The van der Waals surface area contributed by atoms with Crippen molar-refractivity contribution in [2.45, 2.75) is 33.7 Å². The highest BCUT2D eigenvalue weighted by molar-refractivity contribution is 9.10. The van der Waals surface area contributed by atoms with Gasteiger partial charge in [0.2, 0.25) is 0 Å². The molecule has 0 saturated heterocycles. The molecule has 0 fully saturated rings. The number of nitrogens with zero attached hydrogens (tertiary/aromatic N) is 1. The predicted molar refractivity (Wildman–Crippen MR) is 82.1 cm³/mol. The van der Waals surface area contributed by atoms with E-state index >= 15 is 0 Å². The predicted octanol–water partition coefficient (Wildman–Crippen LogP) is 4.25. The maximum Gasteiger partial charge on any atom is 0.0604 e. The Morgan fingerprint density at radius 2 is 2.00 bits per heavy atom. The normalized spacial score (nSPS) is 15.2. The quantitative estimate of drug-likeness (QED) is 0.770. The Kier molecular flexibility index (Phi) is 4.13. The number of aromatic nitrogens is 1. The maximum absolute atomic E-state index is 3.64. The van der Waals surface area contributed by atoms with Gasteiger partial charge in [-0.25, -0.2) is 0 Å². The molecular formula is C15H21BrN2. The van der Waals surface area contributed by atoms with Crippen molar-refractivity contribution >= 4 is 26.8 Å². The zero-order valence-electron chi connectivity index (χ0n) is 11.6. The van der Waals surface area contributed by atoms with Crippen molar-refractivity contribution in [1.82, 2.24) is 9.88 Å². The van der Waals surface area contributed by atoms with Crippen LogP contribution in [0.3, 0.4) is 0 Å². The molecule has 2 nitrogen and oxygen atoms in total. The van der Waals surface area contributed by atoms with E-state index in [9.17, 15) is 0 Å². The van der Waals surface area contributed by atoms with Gasteiger partial charge in [-0.2, -0.15) is 0 Å². The van der Waals surface area contributed by atoms with Gasteiger partial charge in [0.25, 0.3) is 0 Å². The largest absolute Gasteiger partial charge is 0.357 e. The Balaban J connectivity index is 0.000000574. The van der Waals surface area contributed by atoms with Gasteiger partial charge in [0.1, 0.15) is 0 Å². The molecule has 1 aromatic heterocycles. The summed E-state index contributed by atoms with van der Waals surface area (Å²) < 4.78 is 1.18. The third-order valence-corrected chi connectivity index (χ3v) is 4.00. The first-order valence-electron chi connectivity index (χ1n) is 6.63. The molecule has 1 aliphatic rings. The van der Waals surface area contributed by atoms with Crippen LogP contribution in [0, 0.1) is 6.92 Å². The third-order valence-electron chi connectivity index (χ3n) is 3.37. The fraction of sp³-hybridized carbons (Fsp3) is 0.467. The molecular weight excluding hydrogens is 288 g/mol. The molecule has 2 heterocycles. The molecule has 2 aromatic rings. The monoisotopic (exact) mass is 308 g/mol. The van der Waals surface area contributed by atoms with Crippen molar-refractivity contribution in [3.8, 4) is 0 Å². The highest BCUT2D eigenvalue weighted by Crippen LogP contribution is 2.32. The Labute approximate surface area is 118 Å². The van der Waals surface area contributed by atoms with Gasteiger partial charge in [-0.3, -0.25) is 0 Å². The summed E-state index contributed by atoms with van der Waals surface area (Å²) in [5.74, 6) is 0. The van der Waals surface area contributed by atoms with E-state index in [2.05, 4.69) is 51.9 Å². The number of rotatable bonds is 0. The van der Waals surface area contributed by atoms with E-state index in [1.807, 2.05) is 13.8 Å². The van der Waals surface area contributed by atoms with Gasteiger partial charge < -0.3 is 9.88 Å². The first kappa shape index (κ1) is 13.6. The lowest BCUT2D eigenvalue weighted by Gasteiger charge is -2.22. The zero-order valence-corrected chi connectivity index (χ0v) is 13.2. The molecule has 0 unspecified atom stereocenters. The average Bonchev–Trinajstić information content (AvgIpc) is 2.70. The summed E-state index contributed by atoms with van der Waals surface area (Å²) in [7, 11) is 2.19. The number of aromatic amines is 1. The van der Waals surface area contributed by atoms with Crippen LogP contribution in [-0.4, -0.2) is 23.5 Å². The van der Waals surface area contributed by atoms with Crippen molar-refractivity contribution in [3.05, 3.63) is 33.4 Å². The highest BCUT2D eigenvalue weighted by atomic mass is 79.9. The molecule has 0 aliphatic carbocycles. The van der Waals surface area contributed by atoms with E-state index in [0.717, 1.165) is 19.5 Å². The van der Waals surface area contributed by atoms with E-state index in [-0.39, 0.29) is 0 Å². The van der Waals surface area contributed by atoms with Gasteiger partial charge in [0, 0.05) is 35.1 Å². The Hall–Kier alpha value is -0.800. The highest BCUT2D eigenvalue weighted by Gasteiger charge is 2.19. The lowest BCUT2D eigenvalue weighted by atomic mass is 10.0. The molecule has 1 aromatic carbocycles. The van der Waals surface area contributed by atoms with Crippen LogP contribution in [0.25, 0.3) is 10.9 Å². The summed E-state index contributed by atoms with van der Waals surface area (Å²) >= 11 is 3.64. The van der Waals surface area contributed by atoms with Crippen LogP contribution in [0.5, 0.6) is 0 Å². The van der Waals surface area contributed by atoms with Gasteiger partial charge in [0.05, 0.1) is 5.52 Å². The summed E-state index contributed by atoms with van der Waals surface area (Å²) in [5.41, 5.74) is 5.47. The molecule has 0 radical (unpaired) electrons. The summed E-state index contributed by atoms with van der Waals surface area (Å²) in [6, 6.07) is 4.46. The molecule has 18 heavy (non-hydrogen) atoms. The van der Waals surface area contributed by atoms with Crippen LogP contribution in [0.15, 0.2) is 16.6 Å². The standard InChI is InChI=1S/C13H15BrN2.C2H6/c1-8-5-9-10-7-16(2)4-3-12(10)15-13(9)11(14)6-8;1-2/h5-6,15H,3-4,7H2,1-2H3;1-2H3. The number of aryl methyl sites for hydroxylation is 1. The van der Waals surface area contributed by atoms with Crippen molar-refractivity contribution in [3.63, 3.8) is 0 Å². The van der Waals surface area contributed by atoms with E-state index < -0.39 is 0 Å². The number of benzene rings is 1. The first-order valence-corrected chi connectivity index (χ1v) is 7.42. The summed E-state index contributed by atoms with van der Waals surface area (Å²) in [4.78, 5) is 5.94. The minimum absolute atomic E-state index is 1.06. The van der Waals surface area contributed by atoms with E-state index in [4.69, 9.17) is 0 Å². The van der Waals surface area contributed by atoms with Crippen LogP contribution < -0.4 is 0 Å². The summed E-state index contributed by atoms with van der Waals surface area (Å²) in [6.07, 6.45) is 1.13. The number of hydrogen-bond acceptors (Lipinski definition) is 1. The third kappa shape index (κ3) is 2.34. The molecule has 0 spiro atoms. The van der Waals surface area contributed by atoms with Crippen molar-refractivity contribution < 1.29 is 0 Å². The molecule has 1 aliphatic heterocycles. The molecule has 0 atom stereocenters. The second-order valence-electron chi connectivity index (χ2n) is 4.74. The molecule has 0 bridgehead atoms. The minimum Gasteiger partial charge on any atom is -0.357 e. The van der Waals surface area contributed by atoms with Crippen molar-refractivity contribution in [1.29, 1.82) is 0 Å². The molecule has 1 N–H and O–H groups in total. The molecule has 0 amide bonds. The molecule has 3 rings (SSSR count). The van der Waals surface area contributed by atoms with Gasteiger partial charge in [0.15, 0.2) is 0 Å². The Bertz CT molecular complexity index is 557. The van der Waals surface area contributed by atoms with Crippen LogP contribution in [0.1, 0.15) is 30.7 Å². The Morgan fingerprint density at radius 1 is 1.28 bits per heavy atom.